The van der Waals surface area contributed by atoms with E-state index >= 15 is 0 Å². The zero-order valence-electron chi connectivity index (χ0n) is 19.9. The van der Waals surface area contributed by atoms with Crippen LogP contribution in [0.4, 0.5) is 8.78 Å². The van der Waals surface area contributed by atoms with E-state index in [2.05, 4.69) is 20.3 Å². The van der Waals surface area contributed by atoms with Crippen molar-refractivity contribution in [2.45, 2.75) is 45.0 Å². The molecule has 11 heteroatoms. The van der Waals surface area contributed by atoms with Crippen molar-refractivity contribution in [1.82, 2.24) is 25.2 Å². The number of halogens is 2. The lowest BCUT2D eigenvalue weighted by Crippen LogP contribution is -2.42. The van der Waals surface area contributed by atoms with Gasteiger partial charge in [-0.25, -0.2) is 18.7 Å². The number of aliphatic hydroxyl groups excluding tert-OH is 1. The fourth-order valence-electron chi connectivity index (χ4n) is 4.49. The van der Waals surface area contributed by atoms with Crippen LogP contribution in [0.25, 0.3) is 22.3 Å². The van der Waals surface area contributed by atoms with Gasteiger partial charge in [0.1, 0.15) is 41.4 Å². The van der Waals surface area contributed by atoms with Crippen LogP contribution in [0.5, 0.6) is 5.75 Å². The molecule has 3 heterocycles. The summed E-state index contributed by atoms with van der Waals surface area (Å²) in [5, 5.41) is 12.2. The van der Waals surface area contributed by atoms with E-state index in [1.807, 2.05) is 0 Å². The second kappa shape index (κ2) is 9.45. The normalized spacial score (nSPS) is 20.5. The predicted octanol–water partition coefficient (Wildman–Crippen LogP) is 2.52. The molecule has 2 aliphatic rings. The Morgan fingerprint density at radius 3 is 2.81 bits per heavy atom. The Labute approximate surface area is 205 Å². The van der Waals surface area contributed by atoms with Gasteiger partial charge >= 0.3 is 0 Å². The summed E-state index contributed by atoms with van der Waals surface area (Å²) >= 11 is 0. The second-order valence-corrected chi connectivity index (χ2v) is 9.48. The number of amides is 2. The number of aromatic amines is 1. The van der Waals surface area contributed by atoms with Crippen LogP contribution < -0.4 is 10.1 Å². The standard InChI is InChI=1S/C25H27F2N5O4/c1-12-20(24(34)31-18-9-32(8-17(18)27)25(35)13(2)33)22-23(30-12)21(28-11-29-22)16-7-15(26)5-6-19(16)36-10-14-3-4-14/h5-7,11,13-14,17-18,30,33H,3-4,8-10H2,1-2H3,(H,31,34)/t13-,17-,18-/m0/s1. The molecule has 0 unspecified atom stereocenters. The van der Waals surface area contributed by atoms with Gasteiger partial charge in [0.15, 0.2) is 0 Å². The summed E-state index contributed by atoms with van der Waals surface area (Å²) in [5.41, 5.74) is 2.23. The van der Waals surface area contributed by atoms with Crippen LogP contribution >= 0.6 is 0 Å². The minimum atomic E-state index is -1.48. The Hall–Kier alpha value is -3.60. The summed E-state index contributed by atoms with van der Waals surface area (Å²) in [6.07, 6.45) is 0.764. The molecule has 0 radical (unpaired) electrons. The average Bonchev–Trinajstić information content (AvgIpc) is 3.51. The van der Waals surface area contributed by atoms with Gasteiger partial charge in [-0.1, -0.05) is 0 Å². The maximum absolute atomic E-state index is 14.6. The molecular formula is C25H27F2N5O4. The Kier molecular flexibility index (Phi) is 6.33. The number of hydrogen-bond acceptors (Lipinski definition) is 6. The number of nitrogens with one attached hydrogen (secondary N) is 2. The molecule has 3 N–H and O–H groups in total. The number of aliphatic hydroxyl groups is 1. The summed E-state index contributed by atoms with van der Waals surface area (Å²) < 4.78 is 34.8. The van der Waals surface area contributed by atoms with Crippen molar-refractivity contribution in [3.05, 3.63) is 41.6 Å². The van der Waals surface area contributed by atoms with Crippen LogP contribution in [0.1, 0.15) is 35.8 Å². The SMILES string of the molecule is Cc1[nH]c2c(-c3cc(F)ccc3OCC3CC3)ncnc2c1C(=O)N[C@H]1CN(C(=O)[C@H](C)O)C[C@@H]1F. The zero-order chi connectivity index (χ0) is 25.6. The second-order valence-electron chi connectivity index (χ2n) is 9.48. The van der Waals surface area contributed by atoms with Crippen LogP contribution in [0, 0.1) is 18.7 Å². The molecule has 36 heavy (non-hydrogen) atoms. The lowest BCUT2D eigenvalue weighted by molar-refractivity contribution is -0.138. The van der Waals surface area contributed by atoms with E-state index in [-0.39, 0.29) is 18.7 Å². The monoisotopic (exact) mass is 499 g/mol. The molecule has 1 saturated heterocycles. The summed E-state index contributed by atoms with van der Waals surface area (Å²) in [5.74, 6) is -0.631. The number of likely N-dealkylation sites (tertiary alicyclic amines) is 1. The minimum absolute atomic E-state index is 0.0523. The minimum Gasteiger partial charge on any atom is -0.493 e. The third kappa shape index (κ3) is 4.62. The van der Waals surface area contributed by atoms with E-state index in [1.165, 1.54) is 30.3 Å². The number of carbonyl (C=O) groups excluding carboxylic acids is 2. The molecule has 2 aromatic heterocycles. The van der Waals surface area contributed by atoms with Crippen molar-refractivity contribution < 1.29 is 28.2 Å². The summed E-state index contributed by atoms with van der Waals surface area (Å²) in [6, 6.07) is 3.28. The summed E-state index contributed by atoms with van der Waals surface area (Å²) in [6.45, 7) is 3.27. The van der Waals surface area contributed by atoms with Crippen molar-refractivity contribution in [2.75, 3.05) is 19.7 Å². The molecule has 1 saturated carbocycles. The van der Waals surface area contributed by atoms with Crippen molar-refractivity contribution in [3.63, 3.8) is 0 Å². The van der Waals surface area contributed by atoms with Crippen LogP contribution in [0.15, 0.2) is 24.5 Å². The lowest BCUT2D eigenvalue weighted by Gasteiger charge is -2.18. The summed E-state index contributed by atoms with van der Waals surface area (Å²) in [7, 11) is 0. The largest absolute Gasteiger partial charge is 0.493 e. The first-order chi connectivity index (χ1) is 17.2. The van der Waals surface area contributed by atoms with E-state index in [0.717, 1.165) is 12.8 Å². The molecule has 9 nitrogen and oxygen atoms in total. The van der Waals surface area contributed by atoms with Gasteiger partial charge in [0.2, 0.25) is 0 Å². The van der Waals surface area contributed by atoms with Gasteiger partial charge in [0.05, 0.1) is 30.3 Å². The number of aromatic nitrogens is 3. The topological polar surface area (TPSA) is 120 Å². The van der Waals surface area contributed by atoms with Crippen LogP contribution in [-0.4, -0.2) is 74.8 Å². The van der Waals surface area contributed by atoms with Crippen LogP contribution in [-0.2, 0) is 4.79 Å². The Morgan fingerprint density at radius 1 is 1.31 bits per heavy atom. The highest BCUT2D eigenvalue weighted by Crippen LogP contribution is 2.36. The van der Waals surface area contributed by atoms with Crippen LogP contribution in [0.2, 0.25) is 0 Å². The van der Waals surface area contributed by atoms with Gasteiger partial charge in [-0.3, -0.25) is 9.59 Å². The van der Waals surface area contributed by atoms with Crippen molar-refractivity contribution in [2.24, 2.45) is 5.92 Å². The average molecular weight is 500 g/mol. The number of aryl methyl sites for hydroxylation is 1. The van der Waals surface area contributed by atoms with Gasteiger partial charge in [0.25, 0.3) is 11.8 Å². The molecule has 1 aromatic carbocycles. The first kappa shape index (κ1) is 24.1. The maximum Gasteiger partial charge on any atom is 0.255 e. The number of carbonyl (C=O) groups is 2. The molecule has 2 amide bonds. The van der Waals surface area contributed by atoms with E-state index in [9.17, 15) is 23.5 Å². The lowest BCUT2D eigenvalue weighted by atomic mass is 10.1. The van der Waals surface area contributed by atoms with Gasteiger partial charge in [-0.15, -0.1) is 0 Å². The molecule has 1 aliphatic heterocycles. The summed E-state index contributed by atoms with van der Waals surface area (Å²) in [4.78, 5) is 38.2. The number of nitrogens with zero attached hydrogens (tertiary/aromatic N) is 3. The third-order valence-corrected chi connectivity index (χ3v) is 6.60. The van der Waals surface area contributed by atoms with Crippen molar-refractivity contribution >= 4 is 22.8 Å². The molecule has 3 aromatic rings. The number of alkyl halides is 1. The Morgan fingerprint density at radius 2 is 2.08 bits per heavy atom. The number of ether oxygens (including phenoxy) is 1. The van der Waals surface area contributed by atoms with Gasteiger partial charge in [0, 0.05) is 17.8 Å². The number of H-pyrrole nitrogens is 1. The molecule has 2 fully saturated rings. The fraction of sp³-hybridized carbons (Fsp3) is 0.440. The van der Waals surface area contributed by atoms with E-state index < -0.39 is 35.9 Å². The Balaban J connectivity index is 1.44. The highest BCUT2D eigenvalue weighted by atomic mass is 19.1. The van der Waals surface area contributed by atoms with E-state index in [4.69, 9.17) is 4.74 Å². The molecule has 1 aliphatic carbocycles. The molecule has 3 atom stereocenters. The molecular weight excluding hydrogens is 472 g/mol. The number of rotatable bonds is 7. The van der Waals surface area contributed by atoms with Crippen molar-refractivity contribution in [1.29, 1.82) is 0 Å². The fourth-order valence-corrected chi connectivity index (χ4v) is 4.49. The quantitative estimate of drug-likeness (QED) is 0.460. The van der Waals surface area contributed by atoms with Gasteiger partial charge in [-0.05, 0) is 50.8 Å². The third-order valence-electron chi connectivity index (χ3n) is 6.60. The number of benzene rings is 1. The first-order valence-electron chi connectivity index (χ1n) is 11.9. The molecule has 0 spiro atoms. The van der Waals surface area contributed by atoms with E-state index in [0.29, 0.717) is 46.3 Å². The zero-order valence-corrected chi connectivity index (χ0v) is 19.9. The highest BCUT2D eigenvalue weighted by molar-refractivity contribution is 6.09. The molecule has 5 rings (SSSR count). The maximum atomic E-state index is 14.6. The smallest absolute Gasteiger partial charge is 0.255 e. The predicted molar refractivity (Wildman–Crippen MR) is 127 cm³/mol. The highest BCUT2D eigenvalue weighted by Gasteiger charge is 2.38. The Bertz CT molecular complexity index is 1320. The number of fused-ring (bicyclic) bond motifs is 1. The van der Waals surface area contributed by atoms with E-state index in [1.54, 1.807) is 13.0 Å². The van der Waals surface area contributed by atoms with Crippen molar-refractivity contribution in [3.8, 4) is 17.0 Å². The van der Waals surface area contributed by atoms with Gasteiger partial charge in [-0.2, -0.15) is 0 Å². The molecule has 0 bridgehead atoms. The molecule has 190 valence electrons. The van der Waals surface area contributed by atoms with Gasteiger partial charge < -0.3 is 25.0 Å². The first-order valence-corrected chi connectivity index (χ1v) is 11.9. The number of hydrogen-bond donors (Lipinski definition) is 3. The van der Waals surface area contributed by atoms with Crippen LogP contribution in [0.3, 0.4) is 0 Å².